The molecule has 1 heteroatoms. The molecule has 0 saturated heterocycles. The van der Waals surface area contributed by atoms with Crippen LogP contribution in [0.2, 0.25) is 0 Å². The van der Waals surface area contributed by atoms with E-state index in [0.717, 1.165) is 0 Å². The van der Waals surface area contributed by atoms with Crippen LogP contribution in [0.4, 0.5) is 0 Å². The molecule has 0 aromatic rings. The molecular formula is C10H16O. The van der Waals surface area contributed by atoms with Crippen molar-refractivity contribution < 1.29 is 4.79 Å². The number of carbonyl (C=O) groups excluding carboxylic acids is 1. The van der Waals surface area contributed by atoms with E-state index in [1.54, 1.807) is 6.92 Å². The van der Waals surface area contributed by atoms with Gasteiger partial charge in [-0.25, -0.2) is 0 Å². The second kappa shape index (κ2) is 4.18. The van der Waals surface area contributed by atoms with Gasteiger partial charge in [-0.15, -0.1) is 5.92 Å². The molecular weight excluding hydrogens is 136 g/mol. The Kier molecular flexibility index (Phi) is 3.89. The summed E-state index contributed by atoms with van der Waals surface area (Å²) in [6.07, 6.45) is 1.04. The standard InChI is InChI=1S/C10H16O/c1-5-6-7-9(11)8-10(2,3)4/h7-8H2,1-4H3. The Morgan fingerprint density at radius 3 is 2.27 bits per heavy atom. The van der Waals surface area contributed by atoms with Crippen molar-refractivity contribution in [2.75, 3.05) is 0 Å². The molecule has 0 saturated carbocycles. The lowest BCUT2D eigenvalue weighted by Crippen LogP contribution is -2.11. The van der Waals surface area contributed by atoms with Crippen molar-refractivity contribution in [3.8, 4) is 11.8 Å². The van der Waals surface area contributed by atoms with Crippen LogP contribution >= 0.6 is 0 Å². The molecule has 0 amide bonds. The Bertz CT molecular complexity index is 185. The van der Waals surface area contributed by atoms with Gasteiger partial charge in [0.1, 0.15) is 5.78 Å². The first-order valence-corrected chi connectivity index (χ1v) is 3.87. The van der Waals surface area contributed by atoms with Gasteiger partial charge in [0.25, 0.3) is 0 Å². The van der Waals surface area contributed by atoms with Crippen LogP contribution in [-0.2, 0) is 4.79 Å². The van der Waals surface area contributed by atoms with Crippen molar-refractivity contribution >= 4 is 5.78 Å². The zero-order valence-electron chi connectivity index (χ0n) is 7.82. The van der Waals surface area contributed by atoms with Gasteiger partial charge >= 0.3 is 0 Å². The zero-order valence-corrected chi connectivity index (χ0v) is 7.82. The molecule has 0 spiro atoms. The minimum atomic E-state index is 0.104. The molecule has 0 aliphatic carbocycles. The van der Waals surface area contributed by atoms with Gasteiger partial charge in [-0.05, 0) is 12.3 Å². The maximum absolute atomic E-state index is 11.1. The summed E-state index contributed by atoms with van der Waals surface area (Å²) in [6, 6.07) is 0. The van der Waals surface area contributed by atoms with Gasteiger partial charge in [0, 0.05) is 6.42 Å². The highest BCUT2D eigenvalue weighted by atomic mass is 16.1. The quantitative estimate of drug-likeness (QED) is 0.555. The van der Waals surface area contributed by atoms with Gasteiger partial charge < -0.3 is 0 Å². The van der Waals surface area contributed by atoms with Gasteiger partial charge in [-0.2, -0.15) is 0 Å². The van der Waals surface area contributed by atoms with E-state index in [0.29, 0.717) is 12.8 Å². The summed E-state index contributed by atoms with van der Waals surface area (Å²) in [5.41, 5.74) is 0.104. The third kappa shape index (κ3) is 7.12. The number of carbonyl (C=O) groups is 1. The molecule has 0 aliphatic rings. The van der Waals surface area contributed by atoms with Crippen LogP contribution < -0.4 is 0 Å². The van der Waals surface area contributed by atoms with Crippen molar-refractivity contribution in [1.29, 1.82) is 0 Å². The van der Waals surface area contributed by atoms with Crippen molar-refractivity contribution in [3.63, 3.8) is 0 Å². The van der Waals surface area contributed by atoms with Crippen LogP contribution in [-0.4, -0.2) is 5.78 Å². The zero-order chi connectivity index (χ0) is 8.91. The van der Waals surface area contributed by atoms with E-state index in [1.165, 1.54) is 0 Å². The van der Waals surface area contributed by atoms with Crippen molar-refractivity contribution in [1.82, 2.24) is 0 Å². The van der Waals surface area contributed by atoms with Gasteiger partial charge in [0.15, 0.2) is 0 Å². The first kappa shape index (κ1) is 10.2. The van der Waals surface area contributed by atoms with Crippen LogP contribution in [0.1, 0.15) is 40.5 Å². The Labute approximate surface area is 69.2 Å². The third-order valence-corrected chi connectivity index (χ3v) is 1.19. The van der Waals surface area contributed by atoms with Crippen molar-refractivity contribution in [2.45, 2.75) is 40.5 Å². The Balaban J connectivity index is 3.77. The molecule has 0 atom stereocenters. The van der Waals surface area contributed by atoms with E-state index >= 15 is 0 Å². The summed E-state index contributed by atoms with van der Waals surface area (Å²) >= 11 is 0. The Morgan fingerprint density at radius 2 is 1.91 bits per heavy atom. The molecule has 0 heterocycles. The third-order valence-electron chi connectivity index (χ3n) is 1.19. The first-order chi connectivity index (χ1) is 4.95. The molecule has 0 radical (unpaired) electrons. The average Bonchev–Trinajstić information content (AvgIpc) is 1.79. The number of hydrogen-bond donors (Lipinski definition) is 0. The molecule has 11 heavy (non-hydrogen) atoms. The molecule has 0 aromatic heterocycles. The Morgan fingerprint density at radius 1 is 1.36 bits per heavy atom. The molecule has 1 nitrogen and oxygen atoms in total. The lowest BCUT2D eigenvalue weighted by molar-refractivity contribution is -0.119. The summed E-state index contributed by atoms with van der Waals surface area (Å²) in [7, 11) is 0. The molecule has 0 unspecified atom stereocenters. The smallest absolute Gasteiger partial charge is 0.145 e. The van der Waals surface area contributed by atoms with Crippen LogP contribution in [0, 0.1) is 17.3 Å². The minimum Gasteiger partial charge on any atom is -0.299 e. The van der Waals surface area contributed by atoms with Crippen molar-refractivity contribution in [3.05, 3.63) is 0 Å². The fourth-order valence-electron chi connectivity index (χ4n) is 0.841. The van der Waals surface area contributed by atoms with E-state index < -0.39 is 0 Å². The number of hydrogen-bond acceptors (Lipinski definition) is 1. The average molecular weight is 152 g/mol. The van der Waals surface area contributed by atoms with Gasteiger partial charge in [-0.3, -0.25) is 4.79 Å². The highest BCUT2D eigenvalue weighted by Gasteiger charge is 2.14. The maximum Gasteiger partial charge on any atom is 0.145 e. The van der Waals surface area contributed by atoms with E-state index in [2.05, 4.69) is 32.6 Å². The summed E-state index contributed by atoms with van der Waals surface area (Å²) in [6.45, 7) is 7.93. The van der Waals surface area contributed by atoms with E-state index in [1.807, 2.05) is 0 Å². The number of Topliss-reactive ketones (excluding diaryl/α,β-unsaturated/α-hetero) is 1. The lowest BCUT2D eigenvalue weighted by atomic mass is 9.89. The normalized spacial score (nSPS) is 10.2. The number of rotatable bonds is 2. The van der Waals surface area contributed by atoms with E-state index in [9.17, 15) is 4.79 Å². The second-order valence-corrected chi connectivity index (χ2v) is 3.88. The largest absolute Gasteiger partial charge is 0.299 e. The first-order valence-electron chi connectivity index (χ1n) is 3.87. The summed E-state index contributed by atoms with van der Waals surface area (Å²) in [5.74, 6) is 5.73. The maximum atomic E-state index is 11.1. The fraction of sp³-hybridized carbons (Fsp3) is 0.700. The Hall–Kier alpha value is -0.770. The minimum absolute atomic E-state index is 0.104. The molecule has 0 aromatic carbocycles. The molecule has 0 rings (SSSR count). The lowest BCUT2D eigenvalue weighted by Gasteiger charge is -2.15. The summed E-state index contributed by atoms with van der Waals surface area (Å²) in [4.78, 5) is 11.1. The number of ketones is 1. The molecule has 0 aliphatic heterocycles. The SMILES string of the molecule is CC#CCC(=O)CC(C)(C)C. The van der Waals surface area contributed by atoms with E-state index in [4.69, 9.17) is 0 Å². The monoisotopic (exact) mass is 152 g/mol. The van der Waals surface area contributed by atoms with Gasteiger partial charge in [0.2, 0.25) is 0 Å². The van der Waals surface area contributed by atoms with E-state index in [-0.39, 0.29) is 11.2 Å². The highest BCUT2D eigenvalue weighted by Crippen LogP contribution is 2.19. The van der Waals surface area contributed by atoms with Crippen LogP contribution in [0.15, 0.2) is 0 Å². The topological polar surface area (TPSA) is 17.1 Å². The van der Waals surface area contributed by atoms with Gasteiger partial charge in [0.05, 0.1) is 6.42 Å². The van der Waals surface area contributed by atoms with Crippen LogP contribution in [0.3, 0.4) is 0 Å². The fourth-order valence-corrected chi connectivity index (χ4v) is 0.841. The molecule has 0 fully saturated rings. The second-order valence-electron chi connectivity index (χ2n) is 3.88. The van der Waals surface area contributed by atoms with Gasteiger partial charge in [-0.1, -0.05) is 26.7 Å². The predicted octanol–water partition coefficient (Wildman–Crippen LogP) is 2.41. The summed E-state index contributed by atoms with van der Waals surface area (Å²) < 4.78 is 0. The van der Waals surface area contributed by atoms with Crippen LogP contribution in [0.25, 0.3) is 0 Å². The molecule has 62 valence electrons. The van der Waals surface area contributed by atoms with Crippen molar-refractivity contribution in [2.24, 2.45) is 5.41 Å². The van der Waals surface area contributed by atoms with Crippen LogP contribution in [0.5, 0.6) is 0 Å². The molecule has 0 N–H and O–H groups in total. The predicted molar refractivity (Wildman–Crippen MR) is 47.1 cm³/mol. The highest BCUT2D eigenvalue weighted by molar-refractivity contribution is 5.81. The molecule has 0 bridgehead atoms. The summed E-state index contributed by atoms with van der Waals surface area (Å²) in [5, 5.41) is 0.